The van der Waals surface area contributed by atoms with Crippen LogP contribution in [0.3, 0.4) is 0 Å². The fourth-order valence-electron chi connectivity index (χ4n) is 2.94. The van der Waals surface area contributed by atoms with Gasteiger partial charge in [0.25, 0.3) is 0 Å². The molecule has 0 aliphatic rings. The summed E-state index contributed by atoms with van der Waals surface area (Å²) >= 11 is 12.6. The van der Waals surface area contributed by atoms with E-state index in [2.05, 4.69) is 26.1 Å². The number of hydrogen-bond donors (Lipinski definition) is 0. The van der Waals surface area contributed by atoms with Gasteiger partial charge < -0.3 is 4.74 Å². The first-order valence-corrected chi connectivity index (χ1v) is 12.4. The number of ether oxygens (including phenoxy) is 1. The minimum Gasteiger partial charge on any atom is -0.494 e. The second-order valence-electron chi connectivity index (χ2n) is 6.36. The maximum absolute atomic E-state index is 12.6. The van der Waals surface area contributed by atoms with Crippen LogP contribution in [0.5, 0.6) is 5.75 Å². The van der Waals surface area contributed by atoms with Gasteiger partial charge in [0.1, 0.15) is 5.75 Å². The molecule has 0 radical (unpaired) electrons. The summed E-state index contributed by atoms with van der Waals surface area (Å²) in [4.78, 5) is 13.3. The Bertz CT molecular complexity index is 1210. The highest BCUT2D eigenvalue weighted by Gasteiger charge is 2.19. The molecule has 4 rings (SSSR count). The van der Waals surface area contributed by atoms with E-state index in [0.29, 0.717) is 27.5 Å². The molecule has 0 fully saturated rings. The minimum absolute atomic E-state index is 0.0428. The molecular weight excluding hydrogens is 518 g/mol. The van der Waals surface area contributed by atoms with Crippen molar-refractivity contribution in [2.75, 3.05) is 12.4 Å². The number of carbonyl (C=O) groups excluding carboxylic acids is 1. The van der Waals surface area contributed by atoms with Gasteiger partial charge in [-0.15, -0.1) is 21.5 Å². The quantitative estimate of drug-likeness (QED) is 0.184. The summed E-state index contributed by atoms with van der Waals surface area (Å²) in [7, 11) is 0. The lowest BCUT2D eigenvalue weighted by molar-refractivity contribution is 0.102. The van der Waals surface area contributed by atoms with Crippen molar-refractivity contribution in [1.29, 1.82) is 0 Å². The standard InChI is InChI=1S/C22H17BrClN3O2S2/c1-2-29-15-9-7-14(8-10-15)27-21(16-5-3-4-6-17(16)24)25-26-22(27)30-13-18(28)19-11-12-20(23)31-19/h3-12H,2,13H2,1H3. The van der Waals surface area contributed by atoms with Gasteiger partial charge in [-0.25, -0.2) is 0 Å². The summed E-state index contributed by atoms with van der Waals surface area (Å²) in [6.07, 6.45) is 0. The van der Waals surface area contributed by atoms with Crippen molar-refractivity contribution in [3.8, 4) is 22.8 Å². The van der Waals surface area contributed by atoms with E-state index in [-0.39, 0.29) is 11.5 Å². The Morgan fingerprint density at radius 2 is 1.90 bits per heavy atom. The molecular formula is C22H17BrClN3O2S2. The summed E-state index contributed by atoms with van der Waals surface area (Å²) < 4.78 is 8.40. The highest BCUT2D eigenvalue weighted by atomic mass is 79.9. The van der Waals surface area contributed by atoms with Crippen LogP contribution in [0.2, 0.25) is 5.02 Å². The van der Waals surface area contributed by atoms with Gasteiger partial charge in [0.05, 0.1) is 26.0 Å². The Morgan fingerprint density at radius 1 is 1.13 bits per heavy atom. The average Bonchev–Trinajstić information content (AvgIpc) is 3.40. The second kappa shape index (κ2) is 9.99. The minimum atomic E-state index is 0.0428. The molecule has 0 amide bonds. The van der Waals surface area contributed by atoms with Gasteiger partial charge in [0.15, 0.2) is 16.8 Å². The lowest BCUT2D eigenvalue weighted by Crippen LogP contribution is -2.04. The van der Waals surface area contributed by atoms with Crippen molar-refractivity contribution in [3.05, 3.63) is 74.3 Å². The van der Waals surface area contributed by atoms with E-state index in [1.807, 2.05) is 72.2 Å². The summed E-state index contributed by atoms with van der Waals surface area (Å²) in [6, 6.07) is 18.9. The SMILES string of the molecule is CCOc1ccc(-n2c(SCC(=O)c3ccc(Br)s3)nnc2-c2ccccc2Cl)cc1. The molecule has 0 atom stereocenters. The highest BCUT2D eigenvalue weighted by Crippen LogP contribution is 2.33. The maximum Gasteiger partial charge on any atom is 0.196 e. The topological polar surface area (TPSA) is 57.0 Å². The number of hydrogen-bond acceptors (Lipinski definition) is 6. The Balaban J connectivity index is 1.69. The zero-order valence-electron chi connectivity index (χ0n) is 16.4. The summed E-state index contributed by atoms with van der Waals surface area (Å²) in [5, 5.41) is 9.96. The van der Waals surface area contributed by atoms with Gasteiger partial charge in [-0.2, -0.15) is 0 Å². The van der Waals surface area contributed by atoms with E-state index in [0.717, 1.165) is 20.8 Å². The van der Waals surface area contributed by atoms with Gasteiger partial charge in [0.2, 0.25) is 0 Å². The zero-order chi connectivity index (χ0) is 21.8. The molecule has 0 saturated heterocycles. The Kier molecular flexibility index (Phi) is 7.12. The van der Waals surface area contributed by atoms with E-state index in [1.165, 1.54) is 23.1 Å². The van der Waals surface area contributed by atoms with Crippen molar-refractivity contribution in [1.82, 2.24) is 14.8 Å². The van der Waals surface area contributed by atoms with E-state index in [9.17, 15) is 4.79 Å². The number of carbonyl (C=O) groups is 1. The predicted octanol–water partition coefficient (Wildman–Crippen LogP) is 6.79. The van der Waals surface area contributed by atoms with Crippen LogP contribution in [-0.4, -0.2) is 32.9 Å². The van der Waals surface area contributed by atoms with Crippen LogP contribution in [0, 0.1) is 0 Å². The van der Waals surface area contributed by atoms with Crippen molar-refractivity contribution in [3.63, 3.8) is 0 Å². The number of thiophene rings is 1. The third-order valence-electron chi connectivity index (χ3n) is 4.33. The molecule has 158 valence electrons. The number of thioether (sulfide) groups is 1. The number of ketones is 1. The third kappa shape index (κ3) is 5.03. The molecule has 0 spiro atoms. The van der Waals surface area contributed by atoms with E-state index < -0.39 is 0 Å². The summed E-state index contributed by atoms with van der Waals surface area (Å²) in [6.45, 7) is 2.54. The molecule has 0 aliphatic heterocycles. The van der Waals surface area contributed by atoms with E-state index in [4.69, 9.17) is 16.3 Å². The predicted molar refractivity (Wildman–Crippen MR) is 130 cm³/mol. The van der Waals surface area contributed by atoms with Gasteiger partial charge in [0, 0.05) is 11.3 Å². The van der Waals surface area contributed by atoms with E-state index >= 15 is 0 Å². The number of benzene rings is 2. The summed E-state index contributed by atoms with van der Waals surface area (Å²) in [5.41, 5.74) is 1.63. The first kappa shape index (κ1) is 22.1. The number of aromatic nitrogens is 3. The van der Waals surface area contributed by atoms with Crippen molar-refractivity contribution in [2.24, 2.45) is 0 Å². The number of rotatable bonds is 8. The van der Waals surface area contributed by atoms with Crippen LogP contribution >= 0.6 is 50.6 Å². The maximum atomic E-state index is 12.6. The first-order valence-electron chi connectivity index (χ1n) is 9.41. The average molecular weight is 535 g/mol. The monoisotopic (exact) mass is 533 g/mol. The molecule has 9 heteroatoms. The van der Waals surface area contributed by atoms with Crippen molar-refractivity contribution >= 4 is 56.4 Å². The first-order chi connectivity index (χ1) is 15.1. The number of nitrogens with zero attached hydrogens (tertiary/aromatic N) is 3. The molecule has 31 heavy (non-hydrogen) atoms. The lowest BCUT2D eigenvalue weighted by atomic mass is 10.2. The van der Waals surface area contributed by atoms with Crippen molar-refractivity contribution in [2.45, 2.75) is 12.1 Å². The van der Waals surface area contributed by atoms with Gasteiger partial charge >= 0.3 is 0 Å². The van der Waals surface area contributed by atoms with Crippen LogP contribution in [-0.2, 0) is 0 Å². The molecule has 5 nitrogen and oxygen atoms in total. The molecule has 0 saturated carbocycles. The highest BCUT2D eigenvalue weighted by molar-refractivity contribution is 9.11. The van der Waals surface area contributed by atoms with Crippen LogP contribution in [0.1, 0.15) is 16.6 Å². The van der Waals surface area contributed by atoms with Crippen molar-refractivity contribution < 1.29 is 9.53 Å². The molecule has 2 aromatic heterocycles. The molecule has 4 aromatic rings. The third-order valence-corrected chi connectivity index (χ3v) is 7.26. The number of halogens is 2. The molecule has 0 bridgehead atoms. The second-order valence-corrected chi connectivity index (χ2v) is 10.2. The van der Waals surface area contributed by atoms with Crippen LogP contribution < -0.4 is 4.74 Å². The molecule has 0 unspecified atom stereocenters. The molecule has 2 aromatic carbocycles. The van der Waals surface area contributed by atoms with Crippen LogP contribution in [0.25, 0.3) is 17.1 Å². The summed E-state index contributed by atoms with van der Waals surface area (Å²) in [5.74, 6) is 1.70. The van der Waals surface area contributed by atoms with E-state index in [1.54, 1.807) is 0 Å². The Labute approximate surface area is 201 Å². The fourth-order valence-corrected chi connectivity index (χ4v) is 5.41. The lowest BCUT2D eigenvalue weighted by Gasteiger charge is -2.12. The van der Waals surface area contributed by atoms with Gasteiger partial charge in [-0.05, 0) is 71.4 Å². The fraction of sp³-hybridized carbons (Fsp3) is 0.136. The Hall–Kier alpha value is -2.13. The molecule has 0 N–H and O–H groups in total. The van der Waals surface area contributed by atoms with Gasteiger partial charge in [-0.1, -0.05) is 35.5 Å². The van der Waals surface area contributed by atoms with Crippen LogP contribution in [0.4, 0.5) is 0 Å². The number of Topliss-reactive ketones (excluding diaryl/α,β-unsaturated/α-hetero) is 1. The largest absolute Gasteiger partial charge is 0.494 e. The molecule has 0 aliphatic carbocycles. The normalized spacial score (nSPS) is 10.9. The Morgan fingerprint density at radius 3 is 2.58 bits per heavy atom. The smallest absolute Gasteiger partial charge is 0.196 e. The van der Waals surface area contributed by atoms with Gasteiger partial charge in [-0.3, -0.25) is 9.36 Å². The zero-order valence-corrected chi connectivity index (χ0v) is 20.4. The van der Waals surface area contributed by atoms with Crippen LogP contribution in [0.15, 0.2) is 69.6 Å². The molecule has 2 heterocycles.